The van der Waals surface area contributed by atoms with Gasteiger partial charge >= 0.3 is 0 Å². The van der Waals surface area contributed by atoms with Gasteiger partial charge in [0.1, 0.15) is 11.4 Å². The van der Waals surface area contributed by atoms with E-state index in [4.69, 9.17) is 9.47 Å². The number of methoxy groups -OCH3 is 2. The van der Waals surface area contributed by atoms with E-state index in [0.29, 0.717) is 49.7 Å². The monoisotopic (exact) mass is 482 g/mol. The Kier molecular flexibility index (Phi) is 6.52. The Morgan fingerprint density at radius 2 is 1.79 bits per heavy atom. The van der Waals surface area contributed by atoms with E-state index in [1.165, 1.54) is 18.9 Å². The zero-order valence-corrected chi connectivity index (χ0v) is 19.8. The molecule has 3 heterocycles. The first-order valence-corrected chi connectivity index (χ1v) is 11.1. The van der Waals surface area contributed by atoms with Crippen LogP contribution < -0.4 is 21.1 Å². The lowest BCUT2D eigenvalue weighted by Gasteiger charge is -2.10. The number of nitrogens with one attached hydrogen (secondary N) is 2. The highest BCUT2D eigenvalue weighted by atomic mass is 32.1. The molecule has 0 aliphatic heterocycles. The molecule has 0 bridgehead atoms. The molecule has 11 nitrogen and oxygen atoms in total. The van der Waals surface area contributed by atoms with Crippen LogP contribution in [0.2, 0.25) is 0 Å². The number of thiophene rings is 1. The van der Waals surface area contributed by atoms with Crippen molar-refractivity contribution in [1.29, 1.82) is 0 Å². The van der Waals surface area contributed by atoms with Crippen molar-refractivity contribution in [2.24, 2.45) is 0 Å². The van der Waals surface area contributed by atoms with Gasteiger partial charge in [-0.25, -0.2) is 9.67 Å². The summed E-state index contributed by atoms with van der Waals surface area (Å²) in [5, 5.41) is 5.55. The van der Waals surface area contributed by atoms with Crippen LogP contribution in [0.25, 0.3) is 21.0 Å². The van der Waals surface area contributed by atoms with Gasteiger partial charge in [-0.05, 0) is 25.5 Å². The normalized spacial score (nSPS) is 11.1. The summed E-state index contributed by atoms with van der Waals surface area (Å²) in [5.41, 5.74) is 5.18. The Morgan fingerprint density at radius 1 is 1.09 bits per heavy atom. The summed E-state index contributed by atoms with van der Waals surface area (Å²) in [7, 11) is 3.02. The van der Waals surface area contributed by atoms with E-state index in [-0.39, 0.29) is 17.9 Å². The lowest BCUT2D eigenvalue weighted by atomic mass is 10.1. The van der Waals surface area contributed by atoms with Gasteiger partial charge in [0.15, 0.2) is 11.5 Å². The summed E-state index contributed by atoms with van der Waals surface area (Å²) in [6.45, 7) is 4.00. The first-order valence-electron chi connectivity index (χ1n) is 10.3. The minimum Gasteiger partial charge on any atom is -0.480 e. The van der Waals surface area contributed by atoms with E-state index in [1.807, 2.05) is 0 Å². The second kappa shape index (κ2) is 9.53. The first-order chi connectivity index (χ1) is 16.4. The van der Waals surface area contributed by atoms with Crippen LogP contribution in [-0.2, 0) is 17.9 Å². The predicted octanol–water partition coefficient (Wildman–Crippen LogP) is 1.96. The van der Waals surface area contributed by atoms with E-state index in [1.54, 1.807) is 38.1 Å². The molecule has 3 aromatic heterocycles. The Hall–Kier alpha value is -3.90. The molecule has 0 atom stereocenters. The maximum absolute atomic E-state index is 12.9. The SMILES string of the molecule is CCn1nc(C(=O)NNC(=O)c2sc3nc(COC)nc(OC)c3c2C)c2ccccc2c1=O. The summed E-state index contributed by atoms with van der Waals surface area (Å²) < 4.78 is 11.7. The Morgan fingerprint density at radius 3 is 2.47 bits per heavy atom. The molecule has 2 amide bonds. The minimum atomic E-state index is -0.648. The molecule has 34 heavy (non-hydrogen) atoms. The molecular weight excluding hydrogens is 460 g/mol. The van der Waals surface area contributed by atoms with Gasteiger partial charge in [-0.1, -0.05) is 18.2 Å². The molecular formula is C22H22N6O5S. The van der Waals surface area contributed by atoms with Crippen molar-refractivity contribution in [3.8, 4) is 5.88 Å². The van der Waals surface area contributed by atoms with E-state index in [0.717, 1.165) is 11.3 Å². The molecule has 0 aliphatic rings. The van der Waals surface area contributed by atoms with Gasteiger partial charge in [0, 0.05) is 19.0 Å². The molecule has 0 saturated heterocycles. The lowest BCUT2D eigenvalue weighted by molar-refractivity contribution is 0.0845. The van der Waals surface area contributed by atoms with Crippen molar-refractivity contribution in [3.05, 3.63) is 56.6 Å². The summed E-state index contributed by atoms with van der Waals surface area (Å²) in [6.07, 6.45) is 0. The highest BCUT2D eigenvalue weighted by molar-refractivity contribution is 7.20. The van der Waals surface area contributed by atoms with E-state index in [9.17, 15) is 14.4 Å². The number of nitrogens with zero attached hydrogens (tertiary/aromatic N) is 4. The van der Waals surface area contributed by atoms with Crippen LogP contribution in [0.4, 0.5) is 0 Å². The van der Waals surface area contributed by atoms with E-state index in [2.05, 4.69) is 25.9 Å². The van der Waals surface area contributed by atoms with Gasteiger partial charge in [-0.3, -0.25) is 25.2 Å². The number of aryl methyl sites for hydroxylation is 2. The largest absolute Gasteiger partial charge is 0.480 e. The molecule has 0 fully saturated rings. The van der Waals surface area contributed by atoms with Gasteiger partial charge in [0.05, 0.1) is 22.8 Å². The van der Waals surface area contributed by atoms with Crippen LogP contribution in [0.5, 0.6) is 5.88 Å². The molecule has 2 N–H and O–H groups in total. The molecule has 4 rings (SSSR count). The zero-order valence-electron chi connectivity index (χ0n) is 19.0. The number of amides is 2. The molecule has 0 radical (unpaired) electrons. The van der Waals surface area contributed by atoms with Gasteiger partial charge in [-0.2, -0.15) is 10.1 Å². The third-order valence-electron chi connectivity index (χ3n) is 5.15. The van der Waals surface area contributed by atoms with Gasteiger partial charge in [0.25, 0.3) is 17.4 Å². The van der Waals surface area contributed by atoms with E-state index < -0.39 is 11.8 Å². The standard InChI is InChI=1S/C22H22N6O5S/c1-5-28-22(31)13-9-7-6-8-12(13)16(27-28)18(29)25-26-19(30)17-11(2)15-20(33-4)23-14(10-32-3)24-21(15)34-17/h6-9H,5,10H2,1-4H3,(H,25,29)(H,26,30). The second-order valence-electron chi connectivity index (χ2n) is 7.24. The topological polar surface area (TPSA) is 137 Å². The number of fused-ring (bicyclic) bond motifs is 2. The Balaban J connectivity index is 1.62. The molecule has 4 aromatic rings. The maximum atomic E-state index is 12.9. The highest BCUT2D eigenvalue weighted by Gasteiger charge is 2.22. The zero-order chi connectivity index (χ0) is 24.4. The van der Waals surface area contributed by atoms with Gasteiger partial charge in [-0.15, -0.1) is 11.3 Å². The van der Waals surface area contributed by atoms with Crippen molar-refractivity contribution in [2.75, 3.05) is 14.2 Å². The lowest BCUT2D eigenvalue weighted by Crippen LogP contribution is -2.42. The highest BCUT2D eigenvalue weighted by Crippen LogP contribution is 2.34. The van der Waals surface area contributed by atoms with Gasteiger partial charge in [0.2, 0.25) is 5.88 Å². The summed E-state index contributed by atoms with van der Waals surface area (Å²) in [4.78, 5) is 48.0. The number of benzene rings is 1. The summed E-state index contributed by atoms with van der Waals surface area (Å²) in [5.74, 6) is -0.411. The summed E-state index contributed by atoms with van der Waals surface area (Å²) >= 11 is 1.15. The van der Waals surface area contributed by atoms with Crippen LogP contribution in [0, 0.1) is 6.92 Å². The number of carbonyl (C=O) groups excluding carboxylic acids is 2. The fourth-order valence-electron chi connectivity index (χ4n) is 3.55. The minimum absolute atomic E-state index is 0.0298. The van der Waals surface area contributed by atoms with Crippen molar-refractivity contribution in [2.45, 2.75) is 27.0 Å². The Labute approximate surface area is 197 Å². The van der Waals surface area contributed by atoms with Crippen LogP contribution in [0.15, 0.2) is 29.1 Å². The molecule has 0 unspecified atom stereocenters. The quantitative estimate of drug-likeness (QED) is 0.398. The van der Waals surface area contributed by atoms with Gasteiger partial charge < -0.3 is 9.47 Å². The Bertz CT molecular complexity index is 1480. The van der Waals surface area contributed by atoms with Crippen LogP contribution in [0.3, 0.4) is 0 Å². The van der Waals surface area contributed by atoms with Crippen molar-refractivity contribution in [1.82, 2.24) is 30.6 Å². The molecule has 0 saturated carbocycles. The number of carbonyl (C=O) groups is 2. The number of ether oxygens (including phenoxy) is 2. The average molecular weight is 483 g/mol. The third-order valence-corrected chi connectivity index (χ3v) is 6.33. The predicted molar refractivity (Wildman–Crippen MR) is 126 cm³/mol. The number of hydrogen-bond acceptors (Lipinski definition) is 9. The third kappa shape index (κ3) is 4.08. The summed E-state index contributed by atoms with van der Waals surface area (Å²) in [6, 6.07) is 6.70. The number of rotatable bonds is 6. The van der Waals surface area contributed by atoms with Crippen molar-refractivity contribution >= 4 is 44.1 Å². The average Bonchev–Trinajstić information content (AvgIpc) is 3.18. The second-order valence-corrected chi connectivity index (χ2v) is 8.24. The molecule has 0 spiro atoms. The fraction of sp³-hybridized carbons (Fsp3) is 0.273. The number of hydrazine groups is 1. The van der Waals surface area contributed by atoms with E-state index >= 15 is 0 Å². The molecule has 0 aliphatic carbocycles. The fourth-order valence-corrected chi connectivity index (χ4v) is 4.63. The smallest absolute Gasteiger partial charge is 0.290 e. The maximum Gasteiger partial charge on any atom is 0.290 e. The number of hydrogen-bond donors (Lipinski definition) is 2. The van der Waals surface area contributed by atoms with Crippen molar-refractivity contribution in [3.63, 3.8) is 0 Å². The van der Waals surface area contributed by atoms with Crippen LogP contribution in [0.1, 0.15) is 38.5 Å². The molecule has 176 valence electrons. The van der Waals surface area contributed by atoms with Crippen molar-refractivity contribution < 1.29 is 19.1 Å². The molecule has 1 aromatic carbocycles. The first kappa shape index (κ1) is 23.3. The molecule has 12 heteroatoms. The van der Waals surface area contributed by atoms with Crippen LogP contribution >= 0.6 is 11.3 Å². The van der Waals surface area contributed by atoms with Crippen LogP contribution in [-0.4, -0.2) is 45.8 Å². The number of aromatic nitrogens is 4.